The summed E-state index contributed by atoms with van der Waals surface area (Å²) in [6.45, 7) is 20.7. The van der Waals surface area contributed by atoms with E-state index < -0.39 is 0 Å². The molecule has 0 amide bonds. The van der Waals surface area contributed by atoms with Gasteiger partial charge in [0.1, 0.15) is 0 Å². The molecule has 0 radical (unpaired) electrons. The zero-order chi connectivity index (χ0) is 52.9. The van der Waals surface area contributed by atoms with Gasteiger partial charge in [-0.1, -0.05) is 64.7 Å². The minimum Gasteiger partial charge on any atom is -0.385 e. The highest BCUT2D eigenvalue weighted by Gasteiger charge is 2.01. The minimum atomic E-state index is 0.858. The van der Waals surface area contributed by atoms with Crippen LogP contribution in [0.25, 0.3) is 0 Å². The van der Waals surface area contributed by atoms with Crippen LogP contribution in [0.2, 0.25) is 0 Å². The van der Waals surface area contributed by atoms with Crippen LogP contribution in [0.15, 0.2) is 0 Å². The molecule has 11 heteroatoms. The summed E-state index contributed by atoms with van der Waals surface area (Å²) in [5, 5.41) is 0. The second kappa shape index (κ2) is 72.6. The van der Waals surface area contributed by atoms with Crippen molar-refractivity contribution in [1.82, 2.24) is 0 Å². The molecule has 0 aliphatic rings. The van der Waals surface area contributed by atoms with E-state index in [1.165, 1.54) is 128 Å². The fourth-order valence-corrected chi connectivity index (χ4v) is 8.60. The summed E-state index contributed by atoms with van der Waals surface area (Å²) in [5.41, 5.74) is 0. The number of rotatable bonds is 71. The molecular weight excluding hydrogens is 933 g/mol. The van der Waals surface area contributed by atoms with E-state index in [1.807, 2.05) is 0 Å². The molecule has 0 aromatic carbocycles. The molecule has 0 saturated heterocycles. The first kappa shape index (κ1) is 73.6. The lowest BCUT2D eigenvalue weighted by Crippen LogP contribution is -2.02. The van der Waals surface area contributed by atoms with Crippen LogP contribution in [-0.2, 0) is 52.1 Å². The van der Waals surface area contributed by atoms with E-state index in [2.05, 4.69) is 6.92 Å². The predicted octanol–water partition coefficient (Wildman–Crippen LogP) is 16.4. The highest BCUT2D eigenvalue weighted by atomic mass is 16.5. The van der Waals surface area contributed by atoms with Crippen molar-refractivity contribution in [1.29, 1.82) is 0 Å². The topological polar surface area (TPSA) is 102 Å². The highest BCUT2D eigenvalue weighted by molar-refractivity contribution is 4.52. The summed E-state index contributed by atoms with van der Waals surface area (Å²) in [4.78, 5) is 0. The van der Waals surface area contributed by atoms with Crippen molar-refractivity contribution in [2.75, 3.05) is 146 Å². The van der Waals surface area contributed by atoms with Gasteiger partial charge in [0.2, 0.25) is 0 Å². The van der Waals surface area contributed by atoms with Crippen LogP contribution in [-0.4, -0.2) is 146 Å². The maximum Gasteiger partial charge on any atom is 0.0466 e. The number of unbranched alkanes of at least 4 members (excludes halogenated alkanes) is 29. The third-order valence-electron chi connectivity index (χ3n) is 13.5. The van der Waals surface area contributed by atoms with Crippen LogP contribution >= 0.6 is 0 Å². The molecule has 0 saturated carbocycles. The number of methoxy groups -OCH3 is 1. The summed E-state index contributed by atoms with van der Waals surface area (Å²) in [6.07, 6.45) is 48.3. The van der Waals surface area contributed by atoms with Gasteiger partial charge in [0, 0.05) is 146 Å². The van der Waals surface area contributed by atoms with Gasteiger partial charge in [-0.15, -0.1) is 0 Å². The molecule has 0 heterocycles. The van der Waals surface area contributed by atoms with Crippen LogP contribution in [0.1, 0.15) is 264 Å². The maximum absolute atomic E-state index is 5.85. The first-order chi connectivity index (χ1) is 36.9. The predicted molar refractivity (Wildman–Crippen MR) is 310 cm³/mol. The van der Waals surface area contributed by atoms with Crippen molar-refractivity contribution in [2.24, 2.45) is 0 Å². The molecule has 74 heavy (non-hydrogen) atoms. The Morgan fingerprint density at radius 2 is 0.243 bits per heavy atom. The van der Waals surface area contributed by atoms with Gasteiger partial charge >= 0.3 is 0 Å². The molecule has 0 aromatic rings. The van der Waals surface area contributed by atoms with E-state index >= 15 is 0 Å². The van der Waals surface area contributed by atoms with Crippen molar-refractivity contribution in [3.8, 4) is 0 Å². The Hall–Kier alpha value is -0.440. The zero-order valence-corrected chi connectivity index (χ0v) is 49.6. The molecule has 11 nitrogen and oxygen atoms in total. The summed E-state index contributed by atoms with van der Waals surface area (Å²) in [6, 6.07) is 0. The molecule has 0 rings (SSSR count). The Kier molecular flexibility index (Phi) is 72.1. The van der Waals surface area contributed by atoms with Crippen LogP contribution in [0.3, 0.4) is 0 Å². The molecule has 0 spiro atoms. The standard InChI is InChI=1S/C63H128O11/c1-3-4-5-6-7-8-9-10-11-23-44-65-46-25-13-27-48-67-50-29-15-31-52-69-54-33-17-35-56-71-58-37-19-39-60-73-62-41-21-42-63-74-61-40-20-38-59-72-57-36-18-34-55-70-53-32-16-30-51-68-49-28-14-26-47-66-45-24-12-22-43-64-2/h3-63H2,1-2H3. The van der Waals surface area contributed by atoms with Gasteiger partial charge in [-0.25, -0.2) is 0 Å². The summed E-state index contributed by atoms with van der Waals surface area (Å²) < 4.78 is 63.3. The van der Waals surface area contributed by atoms with Crippen molar-refractivity contribution in [3.63, 3.8) is 0 Å². The summed E-state index contributed by atoms with van der Waals surface area (Å²) >= 11 is 0. The second-order valence-electron chi connectivity index (χ2n) is 20.9. The smallest absolute Gasteiger partial charge is 0.0466 e. The monoisotopic (exact) mass is 1060 g/mol. The quantitative estimate of drug-likeness (QED) is 0.0544. The second-order valence-corrected chi connectivity index (χ2v) is 20.9. The van der Waals surface area contributed by atoms with E-state index in [1.54, 1.807) is 7.11 Å². The van der Waals surface area contributed by atoms with Crippen molar-refractivity contribution in [2.45, 2.75) is 264 Å². The Morgan fingerprint density at radius 3 is 0.378 bits per heavy atom. The van der Waals surface area contributed by atoms with Gasteiger partial charge in [0.15, 0.2) is 0 Å². The molecule has 0 aliphatic carbocycles. The Morgan fingerprint density at radius 1 is 0.135 bits per heavy atom. The molecule has 0 atom stereocenters. The average molecular weight is 1060 g/mol. The molecule has 0 aliphatic heterocycles. The average Bonchev–Trinajstić information content (AvgIpc) is 3.41. The largest absolute Gasteiger partial charge is 0.385 e. The van der Waals surface area contributed by atoms with E-state index in [0.29, 0.717) is 0 Å². The Balaban J connectivity index is 3.07. The van der Waals surface area contributed by atoms with Crippen LogP contribution in [0, 0.1) is 0 Å². The number of ether oxygens (including phenoxy) is 11. The molecule has 0 fully saturated rings. The van der Waals surface area contributed by atoms with E-state index in [4.69, 9.17) is 52.1 Å². The lowest BCUT2D eigenvalue weighted by atomic mass is 10.1. The lowest BCUT2D eigenvalue weighted by molar-refractivity contribution is 0.0985. The Bertz CT molecular complexity index is 861. The van der Waals surface area contributed by atoms with Gasteiger partial charge in [-0.3, -0.25) is 0 Å². The number of hydrogen-bond donors (Lipinski definition) is 0. The first-order valence-electron chi connectivity index (χ1n) is 32.2. The van der Waals surface area contributed by atoms with E-state index in [-0.39, 0.29) is 0 Å². The SMILES string of the molecule is CCCCCCCCCCCCOCCCCCOCCCCCOCCCCCOCCCCCOCCCCCOCCCCCOCCCCCOCCCCCOCCCCCOCCCCCOC. The van der Waals surface area contributed by atoms with Gasteiger partial charge in [0.05, 0.1) is 0 Å². The first-order valence-corrected chi connectivity index (χ1v) is 32.2. The fourth-order valence-electron chi connectivity index (χ4n) is 8.60. The molecule has 0 N–H and O–H groups in total. The normalized spacial score (nSPS) is 11.8. The van der Waals surface area contributed by atoms with Crippen molar-refractivity contribution >= 4 is 0 Å². The Labute approximate surface area is 460 Å². The van der Waals surface area contributed by atoms with Gasteiger partial charge in [0.25, 0.3) is 0 Å². The molecule has 0 unspecified atom stereocenters. The van der Waals surface area contributed by atoms with E-state index in [0.717, 1.165) is 267 Å². The van der Waals surface area contributed by atoms with Crippen molar-refractivity contribution in [3.05, 3.63) is 0 Å². The van der Waals surface area contributed by atoms with Crippen LogP contribution in [0.4, 0.5) is 0 Å². The number of hydrogen-bond acceptors (Lipinski definition) is 11. The molecular formula is C63H128O11. The van der Waals surface area contributed by atoms with Crippen LogP contribution in [0.5, 0.6) is 0 Å². The third kappa shape index (κ3) is 71.6. The van der Waals surface area contributed by atoms with E-state index in [9.17, 15) is 0 Å². The molecule has 0 bridgehead atoms. The minimum absolute atomic E-state index is 0.858. The van der Waals surface area contributed by atoms with Gasteiger partial charge in [-0.2, -0.15) is 0 Å². The summed E-state index contributed by atoms with van der Waals surface area (Å²) in [7, 11) is 1.76. The van der Waals surface area contributed by atoms with Gasteiger partial charge in [-0.05, 0) is 199 Å². The zero-order valence-electron chi connectivity index (χ0n) is 49.6. The molecule has 0 aromatic heterocycles. The lowest BCUT2D eigenvalue weighted by Gasteiger charge is -2.07. The third-order valence-corrected chi connectivity index (χ3v) is 13.5. The highest BCUT2D eigenvalue weighted by Crippen LogP contribution is 2.12. The molecule has 446 valence electrons. The van der Waals surface area contributed by atoms with Crippen molar-refractivity contribution < 1.29 is 52.1 Å². The van der Waals surface area contributed by atoms with Gasteiger partial charge < -0.3 is 52.1 Å². The summed E-state index contributed by atoms with van der Waals surface area (Å²) in [5.74, 6) is 0. The fraction of sp³-hybridized carbons (Fsp3) is 1.00. The maximum atomic E-state index is 5.85. The van der Waals surface area contributed by atoms with Crippen LogP contribution < -0.4 is 0 Å².